The quantitative estimate of drug-likeness (QED) is 0.568. The Bertz CT molecular complexity index is 520. The number of nitrogens with two attached hydrogens (primary N) is 1. The van der Waals surface area contributed by atoms with E-state index in [9.17, 15) is 4.79 Å². The fourth-order valence-electron chi connectivity index (χ4n) is 1.55. The lowest BCUT2D eigenvalue weighted by Gasteiger charge is -2.03. The zero-order valence-corrected chi connectivity index (χ0v) is 8.36. The Labute approximate surface area is 87.5 Å². The van der Waals surface area contributed by atoms with Crippen molar-refractivity contribution in [2.45, 2.75) is 0 Å². The molecular formula is C12H11NO2. The van der Waals surface area contributed by atoms with Gasteiger partial charge in [0, 0.05) is 11.1 Å². The van der Waals surface area contributed by atoms with Crippen LogP contribution in [-0.4, -0.2) is 13.1 Å². The Hall–Kier alpha value is -2.03. The van der Waals surface area contributed by atoms with Crippen molar-refractivity contribution in [3.63, 3.8) is 0 Å². The fraction of sp³-hybridized carbons (Fsp3) is 0.0833. The van der Waals surface area contributed by atoms with E-state index in [1.54, 1.807) is 12.1 Å². The van der Waals surface area contributed by atoms with Crippen molar-refractivity contribution in [3.8, 4) is 0 Å². The maximum absolute atomic E-state index is 11.3. The summed E-state index contributed by atoms with van der Waals surface area (Å²) in [6, 6.07) is 10.9. The van der Waals surface area contributed by atoms with E-state index in [4.69, 9.17) is 5.73 Å². The van der Waals surface area contributed by atoms with Crippen LogP contribution >= 0.6 is 0 Å². The molecule has 0 aliphatic heterocycles. The van der Waals surface area contributed by atoms with Crippen LogP contribution in [0, 0.1) is 0 Å². The fourth-order valence-corrected chi connectivity index (χ4v) is 1.55. The number of hydrogen-bond acceptors (Lipinski definition) is 3. The standard InChI is InChI=1S/C12H11NO2/c1-15-12(14)9-5-6-10-8(7-9)3-2-4-11(10)13/h2-7H,13H2,1H3. The van der Waals surface area contributed by atoms with E-state index in [2.05, 4.69) is 4.74 Å². The number of nitrogen functional groups attached to an aromatic ring is 1. The molecule has 3 nitrogen and oxygen atoms in total. The molecule has 15 heavy (non-hydrogen) atoms. The highest BCUT2D eigenvalue weighted by Crippen LogP contribution is 2.22. The highest BCUT2D eigenvalue weighted by Gasteiger charge is 2.06. The SMILES string of the molecule is COC(=O)c1ccc2c(N)cccc2c1. The van der Waals surface area contributed by atoms with Gasteiger partial charge in [-0.1, -0.05) is 18.2 Å². The van der Waals surface area contributed by atoms with Crippen LogP contribution in [0.3, 0.4) is 0 Å². The van der Waals surface area contributed by atoms with Gasteiger partial charge < -0.3 is 10.5 Å². The molecule has 76 valence electrons. The van der Waals surface area contributed by atoms with Crippen LogP contribution in [-0.2, 0) is 4.74 Å². The third-order valence-electron chi connectivity index (χ3n) is 2.34. The molecule has 0 fully saturated rings. The molecule has 0 aromatic heterocycles. The maximum Gasteiger partial charge on any atom is 0.337 e. The van der Waals surface area contributed by atoms with Gasteiger partial charge in [-0.25, -0.2) is 4.79 Å². The van der Waals surface area contributed by atoms with Crippen molar-refractivity contribution in [1.29, 1.82) is 0 Å². The summed E-state index contributed by atoms with van der Waals surface area (Å²) < 4.78 is 4.65. The zero-order valence-electron chi connectivity index (χ0n) is 8.36. The molecule has 0 spiro atoms. The van der Waals surface area contributed by atoms with E-state index in [0.29, 0.717) is 11.3 Å². The van der Waals surface area contributed by atoms with Gasteiger partial charge in [0.2, 0.25) is 0 Å². The average Bonchev–Trinajstić information content (AvgIpc) is 2.28. The van der Waals surface area contributed by atoms with Gasteiger partial charge in [0.15, 0.2) is 0 Å². The van der Waals surface area contributed by atoms with Gasteiger partial charge >= 0.3 is 5.97 Å². The Morgan fingerprint density at radius 3 is 2.80 bits per heavy atom. The summed E-state index contributed by atoms with van der Waals surface area (Å²) in [6.45, 7) is 0. The van der Waals surface area contributed by atoms with Crippen LogP contribution in [0.15, 0.2) is 36.4 Å². The lowest BCUT2D eigenvalue weighted by molar-refractivity contribution is 0.0601. The largest absolute Gasteiger partial charge is 0.465 e. The predicted octanol–water partition coefficient (Wildman–Crippen LogP) is 2.21. The number of carbonyl (C=O) groups excluding carboxylic acids is 1. The maximum atomic E-state index is 11.3. The van der Waals surface area contributed by atoms with Crippen LogP contribution < -0.4 is 5.73 Å². The molecule has 0 bridgehead atoms. The summed E-state index contributed by atoms with van der Waals surface area (Å²) in [5.74, 6) is -0.334. The van der Waals surface area contributed by atoms with Gasteiger partial charge in [-0.15, -0.1) is 0 Å². The minimum Gasteiger partial charge on any atom is -0.465 e. The normalized spacial score (nSPS) is 10.2. The lowest BCUT2D eigenvalue weighted by Crippen LogP contribution is -2.00. The molecule has 0 saturated carbocycles. The average molecular weight is 201 g/mol. The molecule has 0 radical (unpaired) electrons. The molecule has 0 amide bonds. The van der Waals surface area contributed by atoms with E-state index in [1.165, 1.54) is 7.11 Å². The number of methoxy groups -OCH3 is 1. The minimum absolute atomic E-state index is 0.334. The van der Waals surface area contributed by atoms with Crippen molar-refractivity contribution in [2.24, 2.45) is 0 Å². The molecule has 0 heterocycles. The molecule has 2 aromatic carbocycles. The van der Waals surface area contributed by atoms with Crippen molar-refractivity contribution >= 4 is 22.4 Å². The number of esters is 1. The van der Waals surface area contributed by atoms with Gasteiger partial charge in [0.25, 0.3) is 0 Å². The second kappa shape index (κ2) is 3.61. The first-order valence-corrected chi connectivity index (χ1v) is 4.59. The lowest BCUT2D eigenvalue weighted by atomic mass is 10.1. The number of rotatable bonds is 1. The zero-order chi connectivity index (χ0) is 10.8. The summed E-state index contributed by atoms with van der Waals surface area (Å²) in [4.78, 5) is 11.3. The van der Waals surface area contributed by atoms with Crippen LogP contribution in [0.2, 0.25) is 0 Å². The second-order valence-electron chi connectivity index (χ2n) is 3.27. The summed E-state index contributed by atoms with van der Waals surface area (Å²) >= 11 is 0. The topological polar surface area (TPSA) is 52.3 Å². The molecule has 3 heteroatoms. The number of ether oxygens (including phenoxy) is 1. The number of fused-ring (bicyclic) bond motifs is 1. The van der Waals surface area contributed by atoms with E-state index in [-0.39, 0.29) is 5.97 Å². The molecule has 2 N–H and O–H groups in total. The van der Waals surface area contributed by atoms with E-state index >= 15 is 0 Å². The van der Waals surface area contributed by atoms with Crippen LogP contribution in [0.4, 0.5) is 5.69 Å². The Kier molecular flexibility index (Phi) is 2.29. The summed E-state index contributed by atoms with van der Waals surface area (Å²) in [7, 11) is 1.37. The third-order valence-corrected chi connectivity index (χ3v) is 2.34. The first kappa shape index (κ1) is 9.52. The van der Waals surface area contributed by atoms with Gasteiger partial charge in [-0.05, 0) is 23.6 Å². The third kappa shape index (κ3) is 1.64. The number of anilines is 1. The first-order chi connectivity index (χ1) is 7.22. The van der Waals surface area contributed by atoms with E-state index in [0.717, 1.165) is 10.8 Å². The molecule has 0 aliphatic rings. The molecule has 0 unspecified atom stereocenters. The Morgan fingerprint density at radius 1 is 1.27 bits per heavy atom. The van der Waals surface area contributed by atoms with Gasteiger partial charge in [0.05, 0.1) is 12.7 Å². The summed E-state index contributed by atoms with van der Waals surface area (Å²) in [5, 5.41) is 1.89. The van der Waals surface area contributed by atoms with Crippen molar-refractivity contribution < 1.29 is 9.53 Å². The number of hydrogen-bond donors (Lipinski definition) is 1. The molecule has 2 rings (SSSR count). The van der Waals surface area contributed by atoms with E-state index < -0.39 is 0 Å². The highest BCUT2D eigenvalue weighted by molar-refractivity contribution is 5.99. The monoisotopic (exact) mass is 201 g/mol. The Balaban J connectivity index is 2.62. The van der Waals surface area contributed by atoms with Gasteiger partial charge in [-0.2, -0.15) is 0 Å². The number of benzene rings is 2. The summed E-state index contributed by atoms with van der Waals surface area (Å²) in [6.07, 6.45) is 0. The van der Waals surface area contributed by atoms with Crippen molar-refractivity contribution in [2.75, 3.05) is 12.8 Å². The number of carbonyl (C=O) groups is 1. The van der Waals surface area contributed by atoms with Crippen LogP contribution in [0.1, 0.15) is 10.4 Å². The van der Waals surface area contributed by atoms with Crippen molar-refractivity contribution in [1.82, 2.24) is 0 Å². The minimum atomic E-state index is -0.334. The van der Waals surface area contributed by atoms with Gasteiger partial charge in [-0.3, -0.25) is 0 Å². The van der Waals surface area contributed by atoms with E-state index in [1.807, 2.05) is 24.3 Å². The van der Waals surface area contributed by atoms with Crippen LogP contribution in [0.25, 0.3) is 10.8 Å². The molecule has 0 atom stereocenters. The van der Waals surface area contributed by atoms with Gasteiger partial charge in [0.1, 0.15) is 0 Å². The first-order valence-electron chi connectivity index (χ1n) is 4.59. The molecule has 2 aromatic rings. The highest BCUT2D eigenvalue weighted by atomic mass is 16.5. The van der Waals surface area contributed by atoms with Crippen molar-refractivity contribution in [3.05, 3.63) is 42.0 Å². The predicted molar refractivity (Wildman–Crippen MR) is 59.7 cm³/mol. The summed E-state index contributed by atoms with van der Waals surface area (Å²) in [5.41, 5.74) is 7.05. The Morgan fingerprint density at radius 2 is 2.07 bits per heavy atom. The molecular weight excluding hydrogens is 190 g/mol. The second-order valence-corrected chi connectivity index (χ2v) is 3.27. The van der Waals surface area contributed by atoms with Crippen LogP contribution in [0.5, 0.6) is 0 Å². The molecule has 0 saturated heterocycles. The molecule has 0 aliphatic carbocycles. The smallest absolute Gasteiger partial charge is 0.337 e.